The van der Waals surface area contributed by atoms with E-state index in [4.69, 9.17) is 56.3 Å². The molecule has 0 bridgehead atoms. The highest BCUT2D eigenvalue weighted by Gasteiger charge is 2.11. The van der Waals surface area contributed by atoms with E-state index in [2.05, 4.69) is 4.74 Å². The summed E-state index contributed by atoms with van der Waals surface area (Å²) in [6.07, 6.45) is 0. The molecule has 0 aromatic rings. The summed E-state index contributed by atoms with van der Waals surface area (Å²) >= 11 is 19.3. The second-order valence-electron chi connectivity index (χ2n) is 1.87. The summed E-state index contributed by atoms with van der Waals surface area (Å²) in [5.74, 6) is -1.04. The summed E-state index contributed by atoms with van der Waals surface area (Å²) in [5, 5.41) is 7.42. The van der Waals surface area contributed by atoms with Crippen LogP contribution >= 0.6 is 46.4 Å². The molecule has 0 aliphatic rings. The predicted molar refractivity (Wildman–Crippen MR) is 61.8 cm³/mol. The van der Waals surface area contributed by atoms with Crippen molar-refractivity contribution in [1.82, 2.24) is 0 Å². The van der Waals surface area contributed by atoms with E-state index >= 15 is 0 Å². The molecule has 0 spiro atoms. The standard InChI is InChI=1S/C4H8O2.C2H4O2.CCl4/c1-3-6-4(2)5;1-2(3)4;2-1(3,4)5/h3H2,1-2H3;1H3,(H,3,4);. The maximum atomic E-state index is 9.82. The molecular formula is C7H12Cl4O4. The number of ether oxygens (including phenoxy) is 1. The van der Waals surface area contributed by atoms with E-state index in [1.807, 2.05) is 0 Å². The van der Waals surface area contributed by atoms with Gasteiger partial charge < -0.3 is 9.84 Å². The van der Waals surface area contributed by atoms with Gasteiger partial charge in [0.05, 0.1) is 6.61 Å². The number of halogens is 4. The van der Waals surface area contributed by atoms with Gasteiger partial charge in [0.2, 0.25) is 0 Å². The number of rotatable bonds is 1. The summed E-state index contributed by atoms with van der Waals surface area (Å²) in [7, 11) is 0. The Hall–Kier alpha value is 0.1000. The Morgan fingerprint density at radius 1 is 1.20 bits per heavy atom. The predicted octanol–water partition coefficient (Wildman–Crippen LogP) is 3.21. The number of carbonyl (C=O) groups is 2. The Morgan fingerprint density at radius 2 is 1.40 bits per heavy atom. The van der Waals surface area contributed by atoms with E-state index in [1.165, 1.54) is 6.92 Å². The van der Waals surface area contributed by atoms with Crippen LogP contribution in [0.3, 0.4) is 0 Å². The third-order valence-corrected chi connectivity index (χ3v) is 0.348. The molecule has 0 saturated heterocycles. The molecule has 4 nitrogen and oxygen atoms in total. The van der Waals surface area contributed by atoms with Crippen molar-refractivity contribution in [3.8, 4) is 0 Å². The Bertz CT molecular complexity index is 168. The number of esters is 1. The lowest BCUT2D eigenvalue weighted by molar-refractivity contribution is -0.140. The number of carbonyl (C=O) groups excluding carboxylic acids is 1. The van der Waals surface area contributed by atoms with Crippen molar-refractivity contribution in [2.24, 2.45) is 0 Å². The first-order chi connectivity index (χ1) is 6.50. The summed E-state index contributed by atoms with van der Waals surface area (Å²) < 4.78 is 2.79. The van der Waals surface area contributed by atoms with Gasteiger partial charge in [-0.1, -0.05) is 46.4 Å². The van der Waals surface area contributed by atoms with Crippen LogP contribution in [0.15, 0.2) is 0 Å². The zero-order valence-corrected chi connectivity index (χ0v) is 11.4. The van der Waals surface area contributed by atoms with Gasteiger partial charge >= 0.3 is 5.97 Å². The number of hydrogen-bond donors (Lipinski definition) is 1. The summed E-state index contributed by atoms with van der Waals surface area (Å²) in [5.41, 5.74) is 0. The second-order valence-corrected chi connectivity index (χ2v) is 5.30. The highest BCUT2D eigenvalue weighted by molar-refractivity contribution is 6.83. The molecule has 8 heteroatoms. The van der Waals surface area contributed by atoms with Crippen LogP contribution in [0.1, 0.15) is 20.8 Å². The lowest BCUT2D eigenvalue weighted by Crippen LogP contribution is -1.95. The van der Waals surface area contributed by atoms with E-state index < -0.39 is 9.22 Å². The molecule has 0 heterocycles. The van der Waals surface area contributed by atoms with Crippen LogP contribution in [0.25, 0.3) is 0 Å². The van der Waals surface area contributed by atoms with Crippen molar-refractivity contribution in [3.05, 3.63) is 0 Å². The van der Waals surface area contributed by atoms with Crippen LogP contribution in [0.5, 0.6) is 0 Å². The molecule has 0 aromatic heterocycles. The van der Waals surface area contributed by atoms with Gasteiger partial charge in [-0.15, -0.1) is 0 Å². The van der Waals surface area contributed by atoms with Gasteiger partial charge in [0.15, 0.2) is 0 Å². The molecule has 0 saturated carbocycles. The Morgan fingerprint density at radius 3 is 1.40 bits per heavy atom. The fourth-order valence-electron chi connectivity index (χ4n) is 0.203. The van der Waals surface area contributed by atoms with Crippen LogP contribution in [0.4, 0.5) is 0 Å². The van der Waals surface area contributed by atoms with Crippen molar-refractivity contribution >= 4 is 58.3 Å². The average Bonchev–Trinajstić information content (AvgIpc) is 1.79. The largest absolute Gasteiger partial charge is 0.481 e. The second kappa shape index (κ2) is 12.2. The first-order valence-electron chi connectivity index (χ1n) is 3.59. The van der Waals surface area contributed by atoms with E-state index in [1.54, 1.807) is 6.92 Å². The summed E-state index contributed by atoms with van der Waals surface area (Å²) in [6, 6.07) is 0. The smallest absolute Gasteiger partial charge is 0.302 e. The summed E-state index contributed by atoms with van der Waals surface area (Å²) in [4.78, 5) is 18.8. The normalized spacial score (nSPS) is 8.73. The third kappa shape index (κ3) is 215. The molecule has 0 unspecified atom stereocenters. The van der Waals surface area contributed by atoms with Gasteiger partial charge in [-0.2, -0.15) is 0 Å². The topological polar surface area (TPSA) is 63.6 Å². The van der Waals surface area contributed by atoms with Crippen LogP contribution < -0.4 is 0 Å². The number of alkyl halides is 4. The molecule has 0 amide bonds. The van der Waals surface area contributed by atoms with E-state index in [0.29, 0.717) is 6.61 Å². The quantitative estimate of drug-likeness (QED) is 0.596. The lowest BCUT2D eigenvalue weighted by Gasteiger charge is -1.91. The van der Waals surface area contributed by atoms with Crippen LogP contribution in [-0.2, 0) is 14.3 Å². The zero-order chi connectivity index (χ0) is 13.1. The van der Waals surface area contributed by atoms with Crippen molar-refractivity contribution in [3.63, 3.8) is 0 Å². The highest BCUT2D eigenvalue weighted by Crippen LogP contribution is 2.29. The average molecular weight is 302 g/mol. The minimum Gasteiger partial charge on any atom is -0.481 e. The third-order valence-electron chi connectivity index (χ3n) is 0.348. The van der Waals surface area contributed by atoms with Crippen molar-refractivity contribution in [2.45, 2.75) is 24.0 Å². The number of hydrogen-bond acceptors (Lipinski definition) is 3. The van der Waals surface area contributed by atoms with Crippen molar-refractivity contribution in [1.29, 1.82) is 0 Å². The Labute approximate surface area is 108 Å². The lowest BCUT2D eigenvalue weighted by atomic mass is 10.8. The molecule has 1 N–H and O–H groups in total. The first kappa shape index (κ1) is 20.5. The minimum absolute atomic E-state index is 0.211. The molecule has 0 aliphatic carbocycles. The SMILES string of the molecule is CC(=O)O.CCOC(C)=O.ClC(Cl)(Cl)Cl. The number of carboxylic acids is 1. The van der Waals surface area contributed by atoms with Crippen LogP contribution in [0, 0.1) is 0 Å². The first-order valence-corrected chi connectivity index (χ1v) is 5.10. The molecule has 0 radical (unpaired) electrons. The number of aliphatic carboxylic acids is 1. The molecule has 92 valence electrons. The van der Waals surface area contributed by atoms with Crippen molar-refractivity contribution in [2.75, 3.05) is 6.61 Å². The number of carboxylic acid groups (broad SMARTS) is 1. The van der Waals surface area contributed by atoms with Gasteiger partial charge in [0.25, 0.3) is 9.22 Å². The molecule has 0 aromatic carbocycles. The molecule has 15 heavy (non-hydrogen) atoms. The molecule has 0 atom stereocenters. The zero-order valence-electron chi connectivity index (χ0n) is 8.39. The molecule has 0 rings (SSSR count). The monoisotopic (exact) mass is 300 g/mol. The van der Waals surface area contributed by atoms with Gasteiger partial charge in [-0.3, -0.25) is 9.59 Å². The van der Waals surface area contributed by atoms with Crippen molar-refractivity contribution < 1.29 is 19.4 Å². The summed E-state index contributed by atoms with van der Waals surface area (Å²) in [6.45, 7) is 4.74. The molecule has 0 fully saturated rings. The fourth-order valence-corrected chi connectivity index (χ4v) is 0.203. The van der Waals surface area contributed by atoms with Gasteiger partial charge in [-0.05, 0) is 6.92 Å². The van der Waals surface area contributed by atoms with Gasteiger partial charge in [-0.25, -0.2) is 0 Å². The van der Waals surface area contributed by atoms with Crippen LogP contribution in [-0.4, -0.2) is 26.9 Å². The van der Waals surface area contributed by atoms with E-state index in [-0.39, 0.29) is 5.97 Å². The fraction of sp³-hybridized carbons (Fsp3) is 0.714. The van der Waals surface area contributed by atoms with E-state index in [9.17, 15) is 4.79 Å². The Kier molecular flexibility index (Phi) is 16.6. The van der Waals surface area contributed by atoms with Gasteiger partial charge in [0.1, 0.15) is 0 Å². The highest BCUT2D eigenvalue weighted by atomic mass is 35.6. The molecular weight excluding hydrogens is 290 g/mol. The Balaban J connectivity index is -0.000000147. The van der Waals surface area contributed by atoms with Crippen LogP contribution in [0.2, 0.25) is 0 Å². The van der Waals surface area contributed by atoms with E-state index in [0.717, 1.165) is 6.92 Å². The van der Waals surface area contributed by atoms with Gasteiger partial charge in [0, 0.05) is 13.8 Å². The maximum absolute atomic E-state index is 9.82. The molecule has 0 aliphatic heterocycles. The maximum Gasteiger partial charge on any atom is 0.302 e. The minimum atomic E-state index is -1.61.